The highest BCUT2D eigenvalue weighted by molar-refractivity contribution is 14.0. The van der Waals surface area contributed by atoms with Gasteiger partial charge in [0.25, 0.3) is 0 Å². The Morgan fingerprint density at radius 1 is 1.21 bits per heavy atom. The predicted molar refractivity (Wildman–Crippen MR) is 123 cm³/mol. The molecule has 154 valence electrons. The van der Waals surface area contributed by atoms with Crippen LogP contribution in [0.15, 0.2) is 58.5 Å². The number of sulfonamides is 1. The molecular weight excluding hydrogens is 489 g/mol. The third-order valence-electron chi connectivity index (χ3n) is 4.17. The summed E-state index contributed by atoms with van der Waals surface area (Å²) >= 11 is 0. The fourth-order valence-corrected chi connectivity index (χ4v) is 3.68. The number of nitrogens with two attached hydrogens (primary N) is 1. The molecule has 0 fully saturated rings. The number of hydrogen-bond acceptors (Lipinski definition) is 4. The molecule has 0 saturated heterocycles. The van der Waals surface area contributed by atoms with Gasteiger partial charge in [0.2, 0.25) is 10.0 Å². The van der Waals surface area contributed by atoms with Crippen molar-refractivity contribution in [1.29, 1.82) is 0 Å². The third-order valence-corrected chi connectivity index (χ3v) is 6.22. The van der Waals surface area contributed by atoms with Crippen molar-refractivity contribution in [3.05, 3.63) is 59.9 Å². The van der Waals surface area contributed by atoms with Crippen LogP contribution >= 0.6 is 24.0 Å². The van der Waals surface area contributed by atoms with E-state index < -0.39 is 10.0 Å². The van der Waals surface area contributed by atoms with E-state index in [0.717, 1.165) is 17.7 Å². The van der Waals surface area contributed by atoms with Gasteiger partial charge in [0.05, 0.1) is 11.4 Å². The second kappa shape index (κ2) is 11.3. The SMILES string of the molecule is CC(C)N(C)S(=O)(=O)c1ccc(CN=C(N)NCCc2ccccn2)cc1.I. The first kappa shape index (κ1) is 24.3. The number of aliphatic imine (C=N–C) groups is 1. The second-order valence-electron chi connectivity index (χ2n) is 6.46. The molecule has 0 spiro atoms. The maximum Gasteiger partial charge on any atom is 0.243 e. The molecule has 3 N–H and O–H groups in total. The van der Waals surface area contributed by atoms with E-state index in [-0.39, 0.29) is 34.9 Å². The number of halogens is 1. The lowest BCUT2D eigenvalue weighted by molar-refractivity contribution is 0.410. The molecule has 7 nitrogen and oxygen atoms in total. The van der Waals surface area contributed by atoms with E-state index in [9.17, 15) is 8.42 Å². The molecule has 1 aromatic carbocycles. The summed E-state index contributed by atoms with van der Waals surface area (Å²) in [6, 6.07) is 12.4. The van der Waals surface area contributed by atoms with Gasteiger partial charge in [-0.2, -0.15) is 4.31 Å². The van der Waals surface area contributed by atoms with E-state index in [0.29, 0.717) is 19.0 Å². The minimum absolute atomic E-state index is 0. The minimum Gasteiger partial charge on any atom is -0.370 e. The summed E-state index contributed by atoms with van der Waals surface area (Å²) in [5.41, 5.74) is 7.75. The van der Waals surface area contributed by atoms with Crippen molar-refractivity contribution in [3.63, 3.8) is 0 Å². The van der Waals surface area contributed by atoms with Gasteiger partial charge in [-0.25, -0.2) is 13.4 Å². The average molecular weight is 517 g/mol. The van der Waals surface area contributed by atoms with Crippen molar-refractivity contribution in [1.82, 2.24) is 14.6 Å². The Morgan fingerprint density at radius 2 is 1.89 bits per heavy atom. The first-order chi connectivity index (χ1) is 12.8. The van der Waals surface area contributed by atoms with Gasteiger partial charge in [0, 0.05) is 37.9 Å². The molecule has 28 heavy (non-hydrogen) atoms. The fourth-order valence-electron chi connectivity index (χ4n) is 2.31. The van der Waals surface area contributed by atoms with Gasteiger partial charge in [-0.3, -0.25) is 4.98 Å². The molecule has 0 bridgehead atoms. The zero-order chi connectivity index (χ0) is 19.9. The van der Waals surface area contributed by atoms with Crippen LogP contribution in [-0.4, -0.2) is 43.3 Å². The number of benzene rings is 1. The summed E-state index contributed by atoms with van der Waals surface area (Å²) in [6.07, 6.45) is 2.52. The molecule has 0 aliphatic carbocycles. The van der Waals surface area contributed by atoms with E-state index in [2.05, 4.69) is 15.3 Å². The van der Waals surface area contributed by atoms with Crippen molar-refractivity contribution in [2.45, 2.75) is 37.8 Å². The monoisotopic (exact) mass is 517 g/mol. The Labute approximate surface area is 184 Å². The van der Waals surface area contributed by atoms with Crippen LogP contribution in [-0.2, 0) is 23.0 Å². The maximum absolute atomic E-state index is 12.4. The molecule has 0 aliphatic rings. The standard InChI is InChI=1S/C19H27N5O2S.HI/c1-15(2)24(3)27(25,26)18-9-7-16(8-10-18)14-23-19(20)22-13-11-17-6-4-5-12-21-17;/h4-10,12,15H,11,13-14H2,1-3H3,(H3,20,22,23);1H. The van der Waals surface area contributed by atoms with Crippen molar-refractivity contribution >= 4 is 40.0 Å². The number of pyridine rings is 1. The van der Waals surface area contributed by atoms with Crippen LogP contribution in [0.2, 0.25) is 0 Å². The molecule has 0 amide bonds. The van der Waals surface area contributed by atoms with E-state index >= 15 is 0 Å². The first-order valence-electron chi connectivity index (χ1n) is 8.81. The third kappa shape index (κ3) is 7.02. The van der Waals surface area contributed by atoms with Crippen molar-refractivity contribution in [2.24, 2.45) is 10.7 Å². The molecule has 0 unspecified atom stereocenters. The predicted octanol–water partition coefficient (Wildman–Crippen LogP) is 2.38. The van der Waals surface area contributed by atoms with Crippen LogP contribution in [0.3, 0.4) is 0 Å². The summed E-state index contributed by atoms with van der Waals surface area (Å²) in [6.45, 7) is 4.70. The zero-order valence-electron chi connectivity index (χ0n) is 16.4. The molecule has 0 atom stereocenters. The largest absolute Gasteiger partial charge is 0.370 e. The topological polar surface area (TPSA) is 101 Å². The minimum atomic E-state index is -3.47. The van der Waals surface area contributed by atoms with Gasteiger partial charge in [0.15, 0.2) is 5.96 Å². The number of hydrogen-bond donors (Lipinski definition) is 2. The Kier molecular flexibility index (Phi) is 9.83. The highest BCUT2D eigenvalue weighted by atomic mass is 127. The molecule has 1 heterocycles. The smallest absolute Gasteiger partial charge is 0.243 e. The van der Waals surface area contributed by atoms with E-state index in [4.69, 9.17) is 5.73 Å². The second-order valence-corrected chi connectivity index (χ2v) is 8.46. The summed E-state index contributed by atoms with van der Waals surface area (Å²) in [4.78, 5) is 8.80. The lowest BCUT2D eigenvalue weighted by Gasteiger charge is -2.21. The van der Waals surface area contributed by atoms with Gasteiger partial charge in [-0.1, -0.05) is 18.2 Å². The molecular formula is C19H28IN5O2S. The van der Waals surface area contributed by atoms with Crippen LogP contribution < -0.4 is 11.1 Å². The van der Waals surface area contributed by atoms with E-state index in [1.54, 1.807) is 37.5 Å². The number of nitrogens with one attached hydrogen (secondary N) is 1. The van der Waals surface area contributed by atoms with E-state index in [1.807, 2.05) is 32.0 Å². The number of guanidine groups is 1. The number of aromatic nitrogens is 1. The molecule has 0 saturated carbocycles. The normalized spacial score (nSPS) is 12.1. The van der Waals surface area contributed by atoms with Crippen LogP contribution in [0.1, 0.15) is 25.1 Å². The Balaban J connectivity index is 0.00000392. The zero-order valence-corrected chi connectivity index (χ0v) is 19.5. The van der Waals surface area contributed by atoms with Gasteiger partial charge >= 0.3 is 0 Å². The van der Waals surface area contributed by atoms with Gasteiger partial charge in [0.1, 0.15) is 0 Å². The number of rotatable bonds is 8. The lowest BCUT2D eigenvalue weighted by atomic mass is 10.2. The summed E-state index contributed by atoms with van der Waals surface area (Å²) < 4.78 is 26.2. The number of nitrogens with zero attached hydrogens (tertiary/aromatic N) is 3. The highest BCUT2D eigenvalue weighted by Gasteiger charge is 2.22. The first-order valence-corrected chi connectivity index (χ1v) is 10.3. The Morgan fingerprint density at radius 3 is 2.46 bits per heavy atom. The van der Waals surface area contributed by atoms with Crippen LogP contribution in [0.25, 0.3) is 0 Å². The van der Waals surface area contributed by atoms with Gasteiger partial charge in [-0.05, 0) is 43.7 Å². The van der Waals surface area contributed by atoms with Gasteiger partial charge < -0.3 is 11.1 Å². The Hall–Kier alpha value is -1.72. The fraction of sp³-hybridized carbons (Fsp3) is 0.368. The molecule has 2 aromatic rings. The molecule has 9 heteroatoms. The Bertz CT molecular complexity index is 856. The average Bonchev–Trinajstić information content (AvgIpc) is 2.67. The molecule has 0 radical (unpaired) electrons. The summed E-state index contributed by atoms with van der Waals surface area (Å²) in [5.74, 6) is 0.349. The quantitative estimate of drug-likeness (QED) is 0.318. The summed E-state index contributed by atoms with van der Waals surface area (Å²) in [7, 11) is -1.89. The molecule has 1 aromatic heterocycles. The maximum atomic E-state index is 12.4. The lowest BCUT2D eigenvalue weighted by Crippen LogP contribution is -2.33. The van der Waals surface area contributed by atoms with Crippen molar-refractivity contribution < 1.29 is 8.42 Å². The molecule has 2 rings (SSSR count). The summed E-state index contributed by atoms with van der Waals surface area (Å²) in [5, 5.41) is 3.05. The molecule has 0 aliphatic heterocycles. The van der Waals surface area contributed by atoms with Crippen LogP contribution in [0.4, 0.5) is 0 Å². The van der Waals surface area contributed by atoms with E-state index in [1.165, 1.54) is 4.31 Å². The van der Waals surface area contributed by atoms with Crippen molar-refractivity contribution in [2.75, 3.05) is 13.6 Å². The van der Waals surface area contributed by atoms with Crippen molar-refractivity contribution in [3.8, 4) is 0 Å². The van der Waals surface area contributed by atoms with Crippen LogP contribution in [0, 0.1) is 0 Å². The van der Waals surface area contributed by atoms with Gasteiger partial charge in [-0.15, -0.1) is 24.0 Å². The highest BCUT2D eigenvalue weighted by Crippen LogP contribution is 2.17. The van der Waals surface area contributed by atoms with Crippen LogP contribution in [0.5, 0.6) is 0 Å².